The summed E-state index contributed by atoms with van der Waals surface area (Å²) in [4.78, 5) is 15.5. The summed E-state index contributed by atoms with van der Waals surface area (Å²) >= 11 is 0. The molecule has 1 heterocycles. The summed E-state index contributed by atoms with van der Waals surface area (Å²) in [6.45, 7) is 3.95. The third kappa shape index (κ3) is 3.82. The van der Waals surface area contributed by atoms with Gasteiger partial charge in [-0.2, -0.15) is 0 Å². The SMILES string of the molecule is CCC(=O)Nc1ccc(Nc2ccc(CC)cc2)nc1. The number of hydrogen-bond donors (Lipinski definition) is 2. The van der Waals surface area contributed by atoms with Gasteiger partial charge in [-0.1, -0.05) is 26.0 Å². The van der Waals surface area contributed by atoms with Gasteiger partial charge in [-0.15, -0.1) is 0 Å². The maximum atomic E-state index is 11.3. The van der Waals surface area contributed by atoms with Crippen molar-refractivity contribution in [1.82, 2.24) is 4.98 Å². The van der Waals surface area contributed by atoms with E-state index in [1.807, 2.05) is 31.2 Å². The highest BCUT2D eigenvalue weighted by Gasteiger charge is 2.00. The first-order valence-corrected chi connectivity index (χ1v) is 6.83. The van der Waals surface area contributed by atoms with Gasteiger partial charge in [0.15, 0.2) is 0 Å². The third-order valence-electron chi connectivity index (χ3n) is 3.00. The van der Waals surface area contributed by atoms with Crippen LogP contribution in [0.25, 0.3) is 0 Å². The third-order valence-corrected chi connectivity index (χ3v) is 3.00. The van der Waals surface area contributed by atoms with Crippen molar-refractivity contribution in [2.45, 2.75) is 26.7 Å². The molecule has 0 atom stereocenters. The van der Waals surface area contributed by atoms with Crippen molar-refractivity contribution in [1.29, 1.82) is 0 Å². The molecule has 0 fully saturated rings. The Balaban J connectivity index is 2.00. The van der Waals surface area contributed by atoms with E-state index in [-0.39, 0.29) is 5.91 Å². The van der Waals surface area contributed by atoms with Crippen molar-refractivity contribution in [3.05, 3.63) is 48.2 Å². The van der Waals surface area contributed by atoms with E-state index in [0.717, 1.165) is 17.9 Å². The monoisotopic (exact) mass is 269 g/mol. The molecule has 104 valence electrons. The highest BCUT2D eigenvalue weighted by atomic mass is 16.1. The zero-order valence-electron chi connectivity index (χ0n) is 11.8. The summed E-state index contributed by atoms with van der Waals surface area (Å²) in [6.07, 6.45) is 3.14. The minimum absolute atomic E-state index is 0.0114. The number of carbonyl (C=O) groups excluding carboxylic acids is 1. The summed E-state index contributed by atoms with van der Waals surface area (Å²) in [5.41, 5.74) is 3.02. The number of aromatic nitrogens is 1. The molecule has 2 rings (SSSR count). The predicted octanol–water partition coefficient (Wildman–Crippen LogP) is 3.74. The van der Waals surface area contributed by atoms with Crippen LogP contribution in [0.5, 0.6) is 0 Å². The lowest BCUT2D eigenvalue weighted by Crippen LogP contribution is -2.09. The summed E-state index contributed by atoms with van der Waals surface area (Å²) in [6, 6.07) is 11.9. The van der Waals surface area contributed by atoms with Crippen LogP contribution in [-0.4, -0.2) is 10.9 Å². The minimum atomic E-state index is -0.0114. The molecule has 1 aromatic heterocycles. The van der Waals surface area contributed by atoms with Crippen LogP contribution in [0.1, 0.15) is 25.8 Å². The molecule has 0 saturated heterocycles. The molecule has 1 aromatic carbocycles. The van der Waals surface area contributed by atoms with Crippen molar-refractivity contribution in [3.63, 3.8) is 0 Å². The fourth-order valence-electron chi connectivity index (χ4n) is 1.76. The van der Waals surface area contributed by atoms with Crippen LogP contribution in [0.3, 0.4) is 0 Å². The Kier molecular flexibility index (Phi) is 4.71. The number of anilines is 3. The predicted molar refractivity (Wildman–Crippen MR) is 82.3 cm³/mol. The molecule has 0 saturated carbocycles. The van der Waals surface area contributed by atoms with Gasteiger partial charge in [0.1, 0.15) is 5.82 Å². The molecule has 0 aliphatic rings. The quantitative estimate of drug-likeness (QED) is 0.869. The number of aryl methyl sites for hydroxylation is 1. The van der Waals surface area contributed by atoms with E-state index in [2.05, 4.69) is 34.7 Å². The van der Waals surface area contributed by atoms with Crippen LogP contribution in [0.15, 0.2) is 42.6 Å². The second-order valence-corrected chi connectivity index (χ2v) is 4.51. The van der Waals surface area contributed by atoms with Gasteiger partial charge in [0.25, 0.3) is 0 Å². The van der Waals surface area contributed by atoms with E-state index >= 15 is 0 Å². The van der Waals surface area contributed by atoms with Crippen LogP contribution < -0.4 is 10.6 Å². The van der Waals surface area contributed by atoms with E-state index in [0.29, 0.717) is 12.1 Å². The van der Waals surface area contributed by atoms with E-state index < -0.39 is 0 Å². The summed E-state index contributed by atoms with van der Waals surface area (Å²) < 4.78 is 0. The average Bonchev–Trinajstić information content (AvgIpc) is 2.50. The molecule has 20 heavy (non-hydrogen) atoms. The second-order valence-electron chi connectivity index (χ2n) is 4.51. The molecule has 0 aliphatic heterocycles. The van der Waals surface area contributed by atoms with Crippen molar-refractivity contribution >= 4 is 23.1 Å². The van der Waals surface area contributed by atoms with Crippen LogP contribution in [0.2, 0.25) is 0 Å². The fraction of sp³-hybridized carbons (Fsp3) is 0.250. The maximum absolute atomic E-state index is 11.3. The second kappa shape index (κ2) is 6.70. The number of hydrogen-bond acceptors (Lipinski definition) is 3. The molecular formula is C16H19N3O. The first-order valence-electron chi connectivity index (χ1n) is 6.83. The highest BCUT2D eigenvalue weighted by Crippen LogP contribution is 2.17. The lowest BCUT2D eigenvalue weighted by Gasteiger charge is -2.08. The first kappa shape index (κ1) is 14.1. The van der Waals surface area contributed by atoms with Crippen LogP contribution >= 0.6 is 0 Å². The molecule has 0 aliphatic carbocycles. The lowest BCUT2D eigenvalue weighted by molar-refractivity contribution is -0.115. The summed E-state index contributed by atoms with van der Waals surface area (Å²) in [5, 5.41) is 5.99. The zero-order valence-corrected chi connectivity index (χ0v) is 11.8. The number of benzene rings is 1. The number of nitrogens with one attached hydrogen (secondary N) is 2. The van der Waals surface area contributed by atoms with Crippen LogP contribution in [0, 0.1) is 0 Å². The maximum Gasteiger partial charge on any atom is 0.224 e. The van der Waals surface area contributed by atoms with Crippen LogP contribution in [-0.2, 0) is 11.2 Å². The Morgan fingerprint density at radius 3 is 2.30 bits per heavy atom. The van der Waals surface area contributed by atoms with Gasteiger partial charge in [-0.3, -0.25) is 4.79 Å². The van der Waals surface area contributed by atoms with Crippen molar-refractivity contribution in [3.8, 4) is 0 Å². The normalized spacial score (nSPS) is 10.1. The van der Waals surface area contributed by atoms with E-state index in [1.54, 1.807) is 6.20 Å². The lowest BCUT2D eigenvalue weighted by atomic mass is 10.1. The minimum Gasteiger partial charge on any atom is -0.340 e. The molecule has 0 bridgehead atoms. The fourth-order valence-corrected chi connectivity index (χ4v) is 1.76. The summed E-state index contributed by atoms with van der Waals surface area (Å²) in [5.74, 6) is 0.742. The number of rotatable bonds is 5. The van der Waals surface area contributed by atoms with Gasteiger partial charge in [0.05, 0.1) is 11.9 Å². The number of carbonyl (C=O) groups is 1. The summed E-state index contributed by atoms with van der Waals surface area (Å²) in [7, 11) is 0. The number of pyridine rings is 1. The van der Waals surface area contributed by atoms with E-state index in [1.165, 1.54) is 5.56 Å². The molecule has 1 amide bonds. The molecule has 2 aromatic rings. The van der Waals surface area contributed by atoms with Gasteiger partial charge in [0.2, 0.25) is 5.91 Å². The van der Waals surface area contributed by atoms with Crippen molar-refractivity contribution in [2.75, 3.05) is 10.6 Å². The smallest absolute Gasteiger partial charge is 0.224 e. The van der Waals surface area contributed by atoms with Crippen LogP contribution in [0.4, 0.5) is 17.2 Å². The molecule has 4 nitrogen and oxygen atoms in total. The number of amides is 1. The first-order chi connectivity index (χ1) is 9.71. The molecule has 2 N–H and O–H groups in total. The Bertz CT molecular complexity index is 561. The van der Waals surface area contributed by atoms with Crippen molar-refractivity contribution < 1.29 is 4.79 Å². The Morgan fingerprint density at radius 2 is 1.75 bits per heavy atom. The molecule has 0 radical (unpaired) electrons. The van der Waals surface area contributed by atoms with Gasteiger partial charge >= 0.3 is 0 Å². The van der Waals surface area contributed by atoms with E-state index in [4.69, 9.17) is 0 Å². The van der Waals surface area contributed by atoms with Gasteiger partial charge in [0, 0.05) is 12.1 Å². The van der Waals surface area contributed by atoms with E-state index in [9.17, 15) is 4.79 Å². The van der Waals surface area contributed by atoms with Crippen molar-refractivity contribution in [2.24, 2.45) is 0 Å². The Labute approximate surface area is 119 Å². The molecule has 0 spiro atoms. The topological polar surface area (TPSA) is 54.0 Å². The highest BCUT2D eigenvalue weighted by molar-refractivity contribution is 5.90. The average molecular weight is 269 g/mol. The van der Waals surface area contributed by atoms with Gasteiger partial charge in [-0.25, -0.2) is 4.98 Å². The standard InChI is InChI=1S/C16H19N3O/c1-3-12-5-7-13(8-6-12)18-15-10-9-14(11-17-15)19-16(20)4-2/h5-11H,3-4H2,1-2H3,(H,17,18)(H,19,20). The molecular weight excluding hydrogens is 250 g/mol. The largest absolute Gasteiger partial charge is 0.340 e. The Morgan fingerprint density at radius 1 is 1.05 bits per heavy atom. The molecule has 4 heteroatoms. The van der Waals surface area contributed by atoms with Gasteiger partial charge < -0.3 is 10.6 Å². The Hall–Kier alpha value is -2.36. The van der Waals surface area contributed by atoms with Gasteiger partial charge in [-0.05, 0) is 36.2 Å². The molecule has 0 unspecified atom stereocenters. The number of nitrogens with zero attached hydrogens (tertiary/aromatic N) is 1. The zero-order chi connectivity index (χ0) is 14.4.